The average Bonchev–Trinajstić information content (AvgIpc) is 0.695. The smallest absolute Gasteiger partial charge is 0.252 e. The van der Waals surface area contributed by atoms with Gasteiger partial charge in [0.05, 0.1) is 11.4 Å². The molecule has 0 aromatic heterocycles. The van der Waals surface area contributed by atoms with Crippen LogP contribution in [-0.4, -0.2) is 6.71 Å². The van der Waals surface area contributed by atoms with Gasteiger partial charge >= 0.3 is 0 Å². The van der Waals surface area contributed by atoms with Crippen molar-refractivity contribution in [1.82, 2.24) is 0 Å². The standard InChI is InChI=1S/C88H81BN2/c1-85(2,3)66-50-70(61-40-26-16-27-41-61)83(71(51-66)62-42-28-17-29-43-62)90-78-56-74(87(7,8)9)68(59-36-22-14-23-37-59)54-76(78)89-77-55-69(60-38-24-15-25-39-60)75(88(10,11)12)57-79(77)91(81-49-65(48-80(90)82(81)89)58-34-20-13-21-35-58)84-72(63-44-30-18-31-45-63)52-67(86(4,5)6)53-73(84)64-46-32-19-33-47-64/h13-57H,1-12H3. The largest absolute Gasteiger partial charge is 0.310 e. The van der Waals surface area contributed by atoms with Crippen molar-refractivity contribution in [1.29, 1.82) is 0 Å². The van der Waals surface area contributed by atoms with E-state index in [1.807, 2.05) is 0 Å². The fraction of sp³-hybridized carbons (Fsp3) is 0.182. The summed E-state index contributed by atoms with van der Waals surface area (Å²) < 4.78 is 0. The van der Waals surface area contributed by atoms with Crippen LogP contribution in [0.5, 0.6) is 0 Å². The van der Waals surface area contributed by atoms with E-state index in [1.165, 1.54) is 117 Å². The molecule has 0 atom stereocenters. The van der Waals surface area contributed by atoms with Gasteiger partial charge in [0.2, 0.25) is 0 Å². The monoisotopic (exact) mass is 1180 g/mol. The Balaban J connectivity index is 1.25. The summed E-state index contributed by atoms with van der Waals surface area (Å²) in [6, 6.07) is 104. The van der Waals surface area contributed by atoms with Crippen molar-refractivity contribution in [2.45, 2.75) is 105 Å². The third-order valence-electron chi connectivity index (χ3n) is 19.0. The van der Waals surface area contributed by atoms with E-state index in [4.69, 9.17) is 0 Å². The second-order valence-corrected chi connectivity index (χ2v) is 29.3. The number of rotatable bonds is 9. The molecule has 91 heavy (non-hydrogen) atoms. The minimum absolute atomic E-state index is 0.172. The van der Waals surface area contributed by atoms with Gasteiger partial charge in [-0.2, -0.15) is 0 Å². The Morgan fingerprint density at radius 3 is 0.736 bits per heavy atom. The zero-order valence-corrected chi connectivity index (χ0v) is 55.0. The minimum Gasteiger partial charge on any atom is -0.310 e. The predicted octanol–water partition coefficient (Wildman–Crippen LogP) is 22.6. The molecule has 0 spiro atoms. The molecular weight excluding hydrogens is 1100 g/mol. The lowest BCUT2D eigenvalue weighted by Crippen LogP contribution is -2.61. The van der Waals surface area contributed by atoms with Crippen LogP contribution >= 0.6 is 0 Å². The molecule has 0 N–H and O–H groups in total. The lowest BCUT2D eigenvalue weighted by atomic mass is 9.33. The number of fused-ring (bicyclic) bond motifs is 4. The van der Waals surface area contributed by atoms with Gasteiger partial charge in [0.15, 0.2) is 0 Å². The highest BCUT2D eigenvalue weighted by molar-refractivity contribution is 7.00. The maximum atomic E-state index is 2.74. The zero-order valence-electron chi connectivity index (χ0n) is 55.0. The van der Waals surface area contributed by atoms with Gasteiger partial charge in [-0.15, -0.1) is 0 Å². The van der Waals surface area contributed by atoms with E-state index in [0.717, 1.165) is 33.9 Å². The molecule has 0 saturated carbocycles. The van der Waals surface area contributed by atoms with E-state index < -0.39 is 0 Å². The van der Waals surface area contributed by atoms with Crippen molar-refractivity contribution in [3.63, 3.8) is 0 Å². The Morgan fingerprint density at radius 2 is 0.484 bits per heavy atom. The highest BCUT2D eigenvalue weighted by Crippen LogP contribution is 2.56. The summed E-state index contributed by atoms with van der Waals surface area (Å²) in [5.41, 5.74) is 31.7. The average molecular weight is 1180 g/mol. The topological polar surface area (TPSA) is 6.48 Å². The molecule has 0 aliphatic carbocycles. The van der Waals surface area contributed by atoms with Crippen molar-refractivity contribution in [3.8, 4) is 77.9 Å². The Bertz CT molecular complexity index is 4280. The first kappa shape index (κ1) is 59.0. The normalized spacial score (nSPS) is 13.0. The lowest BCUT2D eigenvalue weighted by molar-refractivity contribution is 0.590. The summed E-state index contributed by atoms with van der Waals surface area (Å²) in [5.74, 6) is 0. The van der Waals surface area contributed by atoms with E-state index in [2.05, 4.69) is 366 Å². The van der Waals surface area contributed by atoms with Crippen LogP contribution < -0.4 is 26.2 Å². The van der Waals surface area contributed by atoms with E-state index in [1.54, 1.807) is 0 Å². The summed E-state index contributed by atoms with van der Waals surface area (Å²) in [7, 11) is 0. The van der Waals surface area contributed by atoms with Gasteiger partial charge in [0, 0.05) is 45.0 Å². The fourth-order valence-corrected chi connectivity index (χ4v) is 14.3. The highest BCUT2D eigenvalue weighted by Gasteiger charge is 2.47. The van der Waals surface area contributed by atoms with Gasteiger partial charge in [-0.25, -0.2) is 0 Å². The Kier molecular flexibility index (Phi) is 14.7. The molecule has 12 aromatic carbocycles. The van der Waals surface area contributed by atoms with Crippen LogP contribution in [0.1, 0.15) is 105 Å². The van der Waals surface area contributed by atoms with Gasteiger partial charge in [-0.3, -0.25) is 0 Å². The summed E-state index contributed by atoms with van der Waals surface area (Å²) in [6.07, 6.45) is 0. The molecule has 0 unspecified atom stereocenters. The molecular formula is C88H81BN2. The van der Waals surface area contributed by atoms with Crippen molar-refractivity contribution in [3.05, 3.63) is 295 Å². The van der Waals surface area contributed by atoms with Gasteiger partial charge < -0.3 is 9.80 Å². The molecule has 0 radical (unpaired) electrons. The first-order chi connectivity index (χ1) is 43.7. The Labute approximate surface area is 541 Å². The summed E-state index contributed by atoms with van der Waals surface area (Å²) >= 11 is 0. The molecule has 3 heteroatoms. The molecule has 446 valence electrons. The molecule has 2 heterocycles. The molecule has 2 aliphatic rings. The van der Waals surface area contributed by atoms with Crippen LogP contribution in [-0.2, 0) is 21.7 Å². The van der Waals surface area contributed by atoms with Crippen molar-refractivity contribution >= 4 is 57.2 Å². The van der Waals surface area contributed by atoms with Gasteiger partial charge in [-0.1, -0.05) is 308 Å². The minimum atomic E-state index is -0.256. The molecule has 2 nitrogen and oxygen atoms in total. The SMILES string of the molecule is CC(C)(C)c1cc(-c2ccccc2)c(N2c3cc(C(C)(C)C)c(-c4ccccc4)cc3B3c4cc(-c5ccccc5)c(C(C)(C)C)cc4N(c4c(-c5ccccc5)cc(C(C)(C)C)cc4-c4ccccc4)c4cc(-c5ccccc5)cc2c43)c(-c2ccccc2)c1. The highest BCUT2D eigenvalue weighted by atomic mass is 15.2. The van der Waals surface area contributed by atoms with E-state index in [0.29, 0.717) is 0 Å². The molecule has 0 saturated heterocycles. The summed E-state index contributed by atoms with van der Waals surface area (Å²) in [5, 5.41) is 0. The first-order valence-corrected chi connectivity index (χ1v) is 32.6. The number of hydrogen-bond donors (Lipinski definition) is 0. The third kappa shape index (κ3) is 10.7. The van der Waals surface area contributed by atoms with Crippen molar-refractivity contribution in [2.24, 2.45) is 0 Å². The van der Waals surface area contributed by atoms with Crippen LogP contribution in [0, 0.1) is 0 Å². The second-order valence-electron chi connectivity index (χ2n) is 29.3. The number of hydrogen-bond acceptors (Lipinski definition) is 2. The first-order valence-electron chi connectivity index (χ1n) is 32.6. The zero-order chi connectivity index (χ0) is 63.1. The van der Waals surface area contributed by atoms with E-state index in [9.17, 15) is 0 Å². The number of benzene rings is 12. The van der Waals surface area contributed by atoms with Crippen LogP contribution in [0.3, 0.4) is 0 Å². The quantitative estimate of drug-likeness (QED) is 0.133. The summed E-state index contributed by atoms with van der Waals surface area (Å²) in [4.78, 5) is 5.48. The van der Waals surface area contributed by atoms with Crippen molar-refractivity contribution in [2.75, 3.05) is 9.80 Å². The summed E-state index contributed by atoms with van der Waals surface area (Å²) in [6.45, 7) is 28.3. The second kappa shape index (κ2) is 22.7. The van der Waals surface area contributed by atoms with Crippen LogP contribution in [0.15, 0.2) is 273 Å². The maximum Gasteiger partial charge on any atom is 0.252 e. The molecule has 0 fully saturated rings. The molecule has 0 bridgehead atoms. The van der Waals surface area contributed by atoms with Crippen molar-refractivity contribution < 1.29 is 0 Å². The third-order valence-corrected chi connectivity index (χ3v) is 19.0. The van der Waals surface area contributed by atoms with Gasteiger partial charge in [-0.05, 0) is 164 Å². The molecule has 2 aliphatic heterocycles. The van der Waals surface area contributed by atoms with E-state index in [-0.39, 0.29) is 28.4 Å². The fourth-order valence-electron chi connectivity index (χ4n) is 14.3. The van der Waals surface area contributed by atoms with Crippen LogP contribution in [0.2, 0.25) is 0 Å². The van der Waals surface area contributed by atoms with E-state index >= 15 is 0 Å². The molecule has 14 rings (SSSR count). The molecule has 12 aromatic rings. The predicted molar refractivity (Wildman–Crippen MR) is 393 cm³/mol. The number of nitrogens with zero attached hydrogens (tertiary/aromatic N) is 2. The van der Waals surface area contributed by atoms with Crippen LogP contribution in [0.25, 0.3) is 77.9 Å². The van der Waals surface area contributed by atoms with Gasteiger partial charge in [0.1, 0.15) is 0 Å². The van der Waals surface area contributed by atoms with Gasteiger partial charge in [0.25, 0.3) is 6.71 Å². The molecule has 0 amide bonds. The maximum absolute atomic E-state index is 2.74. The Hall–Kier alpha value is -9.70. The van der Waals surface area contributed by atoms with Crippen LogP contribution in [0.4, 0.5) is 34.1 Å². The number of anilines is 6. The lowest BCUT2D eigenvalue weighted by Gasteiger charge is -2.47. The Morgan fingerprint density at radius 1 is 0.231 bits per heavy atom.